The van der Waals surface area contributed by atoms with Crippen LogP contribution in [-0.2, 0) is 6.54 Å². The standard InChI is InChI=1S/C21H27N3O3/c1-13-6-14(2)11-24(10-13)21(26)16-5-4-15(3)19(8-16)23-20(25)17-7-18(9-22)27-12-17/h4-5,7-8,12-14H,6,9-11,22H2,1-3H3,(H,23,25). The van der Waals surface area contributed by atoms with Gasteiger partial charge < -0.3 is 20.4 Å². The number of furan rings is 1. The van der Waals surface area contributed by atoms with Gasteiger partial charge in [-0.15, -0.1) is 0 Å². The van der Waals surface area contributed by atoms with Crippen LogP contribution in [0.4, 0.5) is 5.69 Å². The number of piperidine rings is 1. The quantitative estimate of drug-likeness (QED) is 0.864. The zero-order valence-corrected chi connectivity index (χ0v) is 16.1. The summed E-state index contributed by atoms with van der Waals surface area (Å²) < 4.78 is 5.22. The zero-order chi connectivity index (χ0) is 19.6. The van der Waals surface area contributed by atoms with Crippen LogP contribution in [0.5, 0.6) is 0 Å². The van der Waals surface area contributed by atoms with Gasteiger partial charge >= 0.3 is 0 Å². The molecule has 1 aromatic carbocycles. The topological polar surface area (TPSA) is 88.6 Å². The van der Waals surface area contributed by atoms with E-state index in [0.717, 1.165) is 25.1 Å². The molecule has 144 valence electrons. The van der Waals surface area contributed by atoms with Gasteiger partial charge in [0.25, 0.3) is 11.8 Å². The zero-order valence-electron chi connectivity index (χ0n) is 16.1. The third kappa shape index (κ3) is 4.39. The third-order valence-electron chi connectivity index (χ3n) is 5.01. The van der Waals surface area contributed by atoms with E-state index in [4.69, 9.17) is 10.2 Å². The van der Waals surface area contributed by atoms with E-state index in [1.807, 2.05) is 24.0 Å². The molecule has 1 saturated heterocycles. The first kappa shape index (κ1) is 19.2. The summed E-state index contributed by atoms with van der Waals surface area (Å²) in [7, 11) is 0. The summed E-state index contributed by atoms with van der Waals surface area (Å²) in [5.41, 5.74) is 8.03. The molecule has 0 bridgehead atoms. The van der Waals surface area contributed by atoms with E-state index in [2.05, 4.69) is 19.2 Å². The Morgan fingerprint density at radius 3 is 2.52 bits per heavy atom. The van der Waals surface area contributed by atoms with Crippen molar-refractivity contribution < 1.29 is 14.0 Å². The molecule has 27 heavy (non-hydrogen) atoms. The highest BCUT2D eigenvalue weighted by Gasteiger charge is 2.26. The second-order valence-electron chi connectivity index (χ2n) is 7.65. The largest absolute Gasteiger partial charge is 0.467 e. The molecule has 1 aromatic heterocycles. The maximum absolute atomic E-state index is 12.9. The maximum atomic E-state index is 12.9. The molecule has 2 heterocycles. The summed E-state index contributed by atoms with van der Waals surface area (Å²) in [5.74, 6) is 1.28. The number of aryl methyl sites for hydroxylation is 1. The van der Waals surface area contributed by atoms with Crippen LogP contribution in [0.3, 0.4) is 0 Å². The summed E-state index contributed by atoms with van der Waals surface area (Å²) in [6.07, 6.45) is 2.53. The van der Waals surface area contributed by atoms with Gasteiger partial charge in [0.2, 0.25) is 0 Å². The highest BCUT2D eigenvalue weighted by Crippen LogP contribution is 2.24. The van der Waals surface area contributed by atoms with Crippen molar-refractivity contribution in [3.8, 4) is 0 Å². The Balaban J connectivity index is 1.77. The number of hydrogen-bond acceptors (Lipinski definition) is 4. The first-order valence-electron chi connectivity index (χ1n) is 9.36. The summed E-state index contributed by atoms with van der Waals surface area (Å²) >= 11 is 0. The number of nitrogens with two attached hydrogens (primary N) is 1. The Kier molecular flexibility index (Phi) is 5.65. The molecule has 6 heteroatoms. The predicted molar refractivity (Wildman–Crippen MR) is 105 cm³/mol. The molecule has 3 N–H and O–H groups in total. The lowest BCUT2D eigenvalue weighted by Crippen LogP contribution is -2.42. The van der Waals surface area contributed by atoms with Gasteiger partial charge in [0, 0.05) is 24.3 Å². The van der Waals surface area contributed by atoms with Crippen LogP contribution < -0.4 is 11.1 Å². The molecular weight excluding hydrogens is 342 g/mol. The molecule has 0 spiro atoms. The highest BCUT2D eigenvalue weighted by atomic mass is 16.3. The van der Waals surface area contributed by atoms with Gasteiger partial charge in [0.15, 0.2) is 0 Å². The molecule has 0 radical (unpaired) electrons. The molecule has 3 rings (SSSR count). The lowest BCUT2D eigenvalue weighted by molar-refractivity contribution is 0.0623. The van der Waals surface area contributed by atoms with Crippen molar-refractivity contribution in [2.24, 2.45) is 17.6 Å². The van der Waals surface area contributed by atoms with E-state index in [-0.39, 0.29) is 18.4 Å². The Morgan fingerprint density at radius 2 is 1.89 bits per heavy atom. The summed E-state index contributed by atoms with van der Waals surface area (Å²) in [5, 5.41) is 2.87. The number of amides is 2. The van der Waals surface area contributed by atoms with E-state index in [1.54, 1.807) is 12.1 Å². The van der Waals surface area contributed by atoms with Crippen molar-refractivity contribution in [1.82, 2.24) is 4.90 Å². The Morgan fingerprint density at radius 1 is 1.19 bits per heavy atom. The minimum atomic E-state index is -0.286. The lowest BCUT2D eigenvalue weighted by Gasteiger charge is -2.35. The summed E-state index contributed by atoms with van der Waals surface area (Å²) in [6.45, 7) is 8.04. The third-order valence-corrected chi connectivity index (χ3v) is 5.01. The average Bonchev–Trinajstić information content (AvgIpc) is 3.11. The van der Waals surface area contributed by atoms with Crippen LogP contribution in [0.15, 0.2) is 34.9 Å². The van der Waals surface area contributed by atoms with Gasteiger partial charge in [0.1, 0.15) is 12.0 Å². The van der Waals surface area contributed by atoms with Crippen molar-refractivity contribution in [2.45, 2.75) is 33.7 Å². The maximum Gasteiger partial charge on any atom is 0.258 e. The van der Waals surface area contributed by atoms with Crippen molar-refractivity contribution in [3.05, 3.63) is 53.0 Å². The smallest absolute Gasteiger partial charge is 0.258 e. The van der Waals surface area contributed by atoms with Crippen molar-refractivity contribution >= 4 is 17.5 Å². The molecule has 2 unspecified atom stereocenters. The summed E-state index contributed by atoms with van der Waals surface area (Å²) in [4.78, 5) is 27.3. The van der Waals surface area contributed by atoms with Crippen molar-refractivity contribution in [1.29, 1.82) is 0 Å². The molecular formula is C21H27N3O3. The first-order chi connectivity index (χ1) is 12.9. The Labute approximate surface area is 159 Å². The second kappa shape index (κ2) is 7.96. The van der Waals surface area contributed by atoms with E-state index >= 15 is 0 Å². The number of benzene rings is 1. The number of carbonyl (C=O) groups is 2. The van der Waals surface area contributed by atoms with E-state index in [0.29, 0.717) is 34.4 Å². The van der Waals surface area contributed by atoms with Crippen molar-refractivity contribution in [2.75, 3.05) is 18.4 Å². The molecule has 2 amide bonds. The van der Waals surface area contributed by atoms with E-state index < -0.39 is 0 Å². The molecule has 0 saturated carbocycles. The fourth-order valence-corrected chi connectivity index (χ4v) is 3.70. The number of nitrogens with zero attached hydrogens (tertiary/aromatic N) is 1. The van der Waals surface area contributed by atoms with Crippen LogP contribution >= 0.6 is 0 Å². The molecule has 6 nitrogen and oxygen atoms in total. The fourth-order valence-electron chi connectivity index (χ4n) is 3.70. The summed E-state index contributed by atoms with van der Waals surface area (Å²) in [6, 6.07) is 7.06. The minimum absolute atomic E-state index is 0.0117. The van der Waals surface area contributed by atoms with Gasteiger partial charge in [0.05, 0.1) is 12.1 Å². The Bertz CT molecular complexity index is 833. The van der Waals surface area contributed by atoms with Gasteiger partial charge in [-0.05, 0) is 48.9 Å². The molecule has 1 aliphatic heterocycles. The number of hydrogen-bond donors (Lipinski definition) is 2. The number of nitrogens with one attached hydrogen (secondary N) is 1. The van der Waals surface area contributed by atoms with Gasteiger partial charge in [-0.2, -0.15) is 0 Å². The van der Waals surface area contributed by atoms with Crippen molar-refractivity contribution in [3.63, 3.8) is 0 Å². The number of anilines is 1. The van der Waals surface area contributed by atoms with Crippen LogP contribution in [0.1, 0.15) is 52.3 Å². The molecule has 1 fully saturated rings. The Hall–Kier alpha value is -2.60. The van der Waals surface area contributed by atoms with E-state index in [1.165, 1.54) is 6.26 Å². The van der Waals surface area contributed by atoms with Gasteiger partial charge in [-0.3, -0.25) is 9.59 Å². The molecule has 2 aromatic rings. The predicted octanol–water partition coefficient (Wildman–Crippen LogP) is 3.42. The number of rotatable bonds is 4. The van der Waals surface area contributed by atoms with Gasteiger partial charge in [-0.25, -0.2) is 0 Å². The first-order valence-corrected chi connectivity index (χ1v) is 9.36. The highest BCUT2D eigenvalue weighted by molar-refractivity contribution is 6.05. The van der Waals surface area contributed by atoms with E-state index in [9.17, 15) is 9.59 Å². The molecule has 1 aliphatic rings. The van der Waals surface area contributed by atoms with Crippen LogP contribution in [0.25, 0.3) is 0 Å². The van der Waals surface area contributed by atoms with Crippen LogP contribution in [-0.4, -0.2) is 29.8 Å². The van der Waals surface area contributed by atoms with Crippen LogP contribution in [0.2, 0.25) is 0 Å². The number of likely N-dealkylation sites (tertiary alicyclic amines) is 1. The SMILES string of the molecule is Cc1ccc(C(=O)N2CC(C)CC(C)C2)cc1NC(=O)c1coc(CN)c1. The minimum Gasteiger partial charge on any atom is -0.467 e. The second-order valence-corrected chi connectivity index (χ2v) is 7.65. The fraction of sp³-hybridized carbons (Fsp3) is 0.429. The van der Waals surface area contributed by atoms with Crippen LogP contribution in [0, 0.1) is 18.8 Å². The monoisotopic (exact) mass is 369 g/mol. The molecule has 2 atom stereocenters. The van der Waals surface area contributed by atoms with Gasteiger partial charge in [-0.1, -0.05) is 19.9 Å². The lowest BCUT2D eigenvalue weighted by atomic mass is 9.91. The normalized spacial score (nSPS) is 19.8. The average molecular weight is 369 g/mol. The number of carbonyl (C=O) groups excluding carboxylic acids is 2. The molecule has 0 aliphatic carbocycles.